The van der Waals surface area contributed by atoms with Gasteiger partial charge in [-0.05, 0) is 18.4 Å². The Morgan fingerprint density at radius 2 is 1.88 bits per heavy atom. The molecular weight excluding hydrogens is 332 g/mol. The standard InChI is InChI=1S/C15H22N4O6/c1-4-6-7-8-17(16-20)15-13(18(21)22)9-11(5-2)12(10-25-3)14(15)19(23)24/h9H,4-8,10H2,1-3H3. The van der Waals surface area contributed by atoms with Crippen LogP contribution in [-0.4, -0.2) is 23.5 Å². The zero-order chi connectivity index (χ0) is 19.0. The minimum absolute atomic E-state index is 0.0664. The normalized spacial score (nSPS) is 10.5. The fourth-order valence-electron chi connectivity index (χ4n) is 2.65. The van der Waals surface area contributed by atoms with Gasteiger partial charge in [0.05, 0.1) is 27.3 Å². The summed E-state index contributed by atoms with van der Waals surface area (Å²) in [5, 5.41) is 26.7. The predicted molar refractivity (Wildman–Crippen MR) is 92.5 cm³/mol. The molecule has 0 saturated carbocycles. The highest BCUT2D eigenvalue weighted by Gasteiger charge is 2.35. The lowest BCUT2D eigenvalue weighted by Gasteiger charge is -2.18. The van der Waals surface area contributed by atoms with Crippen molar-refractivity contribution in [3.05, 3.63) is 42.3 Å². The first-order chi connectivity index (χ1) is 11.9. The van der Waals surface area contributed by atoms with Crippen molar-refractivity contribution < 1.29 is 14.6 Å². The summed E-state index contributed by atoms with van der Waals surface area (Å²) in [6.07, 6.45) is 2.52. The van der Waals surface area contributed by atoms with Crippen molar-refractivity contribution in [2.75, 3.05) is 18.7 Å². The molecule has 0 aliphatic heterocycles. The Balaban J connectivity index is 3.69. The topological polar surface area (TPSA) is 128 Å². The number of unbranched alkanes of at least 4 members (excludes halogenated alkanes) is 2. The van der Waals surface area contributed by atoms with Crippen LogP contribution in [0.3, 0.4) is 0 Å². The van der Waals surface area contributed by atoms with Crippen LogP contribution in [0.1, 0.15) is 44.2 Å². The quantitative estimate of drug-likeness (QED) is 0.255. The average Bonchev–Trinajstić information content (AvgIpc) is 2.58. The van der Waals surface area contributed by atoms with Crippen LogP contribution in [0.15, 0.2) is 11.4 Å². The molecule has 0 bridgehead atoms. The van der Waals surface area contributed by atoms with Crippen molar-refractivity contribution >= 4 is 17.1 Å². The second kappa shape index (κ2) is 9.62. The SMILES string of the molecule is CCCCCN(N=O)c1c([N+](=O)[O-])cc(CC)c(COC)c1[N+](=O)[O-]. The van der Waals surface area contributed by atoms with Crippen LogP contribution in [0, 0.1) is 25.1 Å². The second-order valence-corrected chi connectivity index (χ2v) is 5.44. The fourth-order valence-corrected chi connectivity index (χ4v) is 2.65. The van der Waals surface area contributed by atoms with Gasteiger partial charge < -0.3 is 4.74 Å². The lowest BCUT2D eigenvalue weighted by molar-refractivity contribution is -0.393. The monoisotopic (exact) mass is 354 g/mol. The van der Waals surface area contributed by atoms with Gasteiger partial charge in [-0.3, -0.25) is 20.2 Å². The smallest absolute Gasteiger partial charge is 0.307 e. The van der Waals surface area contributed by atoms with Gasteiger partial charge in [0.2, 0.25) is 5.69 Å². The van der Waals surface area contributed by atoms with Crippen molar-refractivity contribution in [3.63, 3.8) is 0 Å². The van der Waals surface area contributed by atoms with E-state index in [9.17, 15) is 25.1 Å². The molecule has 0 fully saturated rings. The lowest BCUT2D eigenvalue weighted by atomic mass is 10.00. The number of nitroso groups, excluding NO2 is 1. The molecule has 0 N–H and O–H groups in total. The molecule has 0 atom stereocenters. The van der Waals surface area contributed by atoms with Gasteiger partial charge >= 0.3 is 11.4 Å². The van der Waals surface area contributed by atoms with Gasteiger partial charge in [0.25, 0.3) is 0 Å². The van der Waals surface area contributed by atoms with Crippen LogP contribution in [-0.2, 0) is 17.8 Å². The number of rotatable bonds is 11. The maximum atomic E-state index is 11.7. The summed E-state index contributed by atoms with van der Waals surface area (Å²) in [5.41, 5.74) is -0.725. The number of hydrogen-bond donors (Lipinski definition) is 0. The Bertz CT molecular complexity index is 649. The summed E-state index contributed by atoms with van der Waals surface area (Å²) in [5.74, 6) is 0. The number of ether oxygens (including phenoxy) is 1. The van der Waals surface area contributed by atoms with E-state index in [2.05, 4.69) is 5.29 Å². The van der Waals surface area contributed by atoms with Gasteiger partial charge in [0.15, 0.2) is 0 Å². The zero-order valence-electron chi connectivity index (χ0n) is 14.6. The second-order valence-electron chi connectivity index (χ2n) is 5.44. The minimum atomic E-state index is -0.726. The van der Waals surface area contributed by atoms with Crippen LogP contribution in [0.4, 0.5) is 17.1 Å². The van der Waals surface area contributed by atoms with E-state index in [1.807, 2.05) is 6.92 Å². The molecule has 138 valence electrons. The number of methoxy groups -OCH3 is 1. The van der Waals surface area contributed by atoms with Crippen LogP contribution >= 0.6 is 0 Å². The van der Waals surface area contributed by atoms with Crippen molar-refractivity contribution in [2.24, 2.45) is 5.29 Å². The number of hydrogen-bond acceptors (Lipinski definition) is 7. The third kappa shape index (κ3) is 4.69. The molecule has 0 radical (unpaired) electrons. The van der Waals surface area contributed by atoms with Gasteiger partial charge in [-0.1, -0.05) is 26.7 Å². The predicted octanol–water partition coefficient (Wildman–Crippen LogP) is 3.89. The molecular formula is C15H22N4O6. The summed E-state index contributed by atoms with van der Waals surface area (Å²) in [6.45, 7) is 3.66. The van der Waals surface area contributed by atoms with Crippen molar-refractivity contribution in [2.45, 2.75) is 46.1 Å². The maximum Gasteiger partial charge on any atom is 0.307 e. The van der Waals surface area contributed by atoms with E-state index in [1.54, 1.807) is 6.92 Å². The first kappa shape index (κ1) is 20.4. The number of benzene rings is 1. The van der Waals surface area contributed by atoms with Crippen LogP contribution in [0.25, 0.3) is 0 Å². The van der Waals surface area contributed by atoms with Crippen molar-refractivity contribution in [1.29, 1.82) is 0 Å². The van der Waals surface area contributed by atoms with E-state index in [-0.39, 0.29) is 24.4 Å². The average molecular weight is 354 g/mol. The van der Waals surface area contributed by atoms with Gasteiger partial charge in [0.1, 0.15) is 0 Å². The van der Waals surface area contributed by atoms with Gasteiger partial charge in [-0.15, -0.1) is 4.91 Å². The Morgan fingerprint density at radius 1 is 1.20 bits per heavy atom. The Hall–Kier alpha value is -2.62. The first-order valence-electron chi connectivity index (χ1n) is 8.00. The zero-order valence-corrected chi connectivity index (χ0v) is 14.6. The maximum absolute atomic E-state index is 11.7. The number of anilines is 1. The van der Waals surface area contributed by atoms with Gasteiger partial charge in [0, 0.05) is 19.7 Å². The van der Waals surface area contributed by atoms with E-state index < -0.39 is 21.2 Å². The summed E-state index contributed by atoms with van der Waals surface area (Å²) in [6, 6.07) is 1.26. The molecule has 1 aromatic carbocycles. The molecule has 10 heteroatoms. The lowest BCUT2D eigenvalue weighted by Crippen LogP contribution is -2.21. The molecule has 10 nitrogen and oxygen atoms in total. The number of nitrogens with zero attached hydrogens (tertiary/aromatic N) is 4. The molecule has 0 heterocycles. The highest BCUT2D eigenvalue weighted by Crippen LogP contribution is 2.43. The largest absolute Gasteiger partial charge is 0.380 e. The van der Waals surface area contributed by atoms with Crippen molar-refractivity contribution in [1.82, 2.24) is 0 Å². The molecule has 1 rings (SSSR count). The van der Waals surface area contributed by atoms with E-state index in [1.165, 1.54) is 13.2 Å². The molecule has 0 unspecified atom stereocenters. The third-order valence-corrected chi connectivity index (χ3v) is 3.83. The summed E-state index contributed by atoms with van der Waals surface area (Å²) >= 11 is 0. The molecule has 0 aliphatic rings. The fraction of sp³-hybridized carbons (Fsp3) is 0.600. The summed E-state index contributed by atoms with van der Waals surface area (Å²) in [4.78, 5) is 33.0. The van der Waals surface area contributed by atoms with Crippen LogP contribution in [0.5, 0.6) is 0 Å². The molecule has 0 amide bonds. The Labute approximate surface area is 145 Å². The third-order valence-electron chi connectivity index (χ3n) is 3.83. The molecule has 0 aliphatic carbocycles. The van der Waals surface area contributed by atoms with E-state index in [4.69, 9.17) is 4.74 Å². The van der Waals surface area contributed by atoms with Gasteiger partial charge in [-0.2, -0.15) is 0 Å². The number of nitro benzene ring substituents is 2. The molecule has 25 heavy (non-hydrogen) atoms. The molecule has 0 aromatic heterocycles. The van der Waals surface area contributed by atoms with Crippen molar-refractivity contribution in [3.8, 4) is 0 Å². The summed E-state index contributed by atoms with van der Waals surface area (Å²) in [7, 11) is 1.38. The van der Waals surface area contributed by atoms with Crippen LogP contribution < -0.4 is 5.01 Å². The van der Waals surface area contributed by atoms with E-state index in [0.717, 1.165) is 17.9 Å². The Morgan fingerprint density at radius 3 is 2.32 bits per heavy atom. The molecule has 1 aromatic rings. The van der Waals surface area contributed by atoms with Gasteiger partial charge in [-0.25, -0.2) is 5.01 Å². The van der Waals surface area contributed by atoms with E-state index >= 15 is 0 Å². The molecule has 0 spiro atoms. The number of aryl methyl sites for hydroxylation is 1. The Kier molecular flexibility index (Phi) is 7.86. The molecule has 0 saturated heterocycles. The highest BCUT2D eigenvalue weighted by atomic mass is 16.6. The highest BCUT2D eigenvalue weighted by molar-refractivity contribution is 5.78. The van der Waals surface area contributed by atoms with E-state index in [0.29, 0.717) is 18.4 Å². The van der Waals surface area contributed by atoms with Crippen LogP contribution in [0.2, 0.25) is 0 Å². The number of nitro groups is 2. The first-order valence-corrected chi connectivity index (χ1v) is 8.00. The summed E-state index contributed by atoms with van der Waals surface area (Å²) < 4.78 is 5.03. The minimum Gasteiger partial charge on any atom is -0.380 e.